The van der Waals surface area contributed by atoms with Crippen LogP contribution in [0, 0.1) is 0 Å². The first-order valence-electron chi connectivity index (χ1n) is 3.97. The number of esters is 1. The number of ether oxygens (including phenoxy) is 3. The van der Waals surface area contributed by atoms with Crippen molar-refractivity contribution in [3.63, 3.8) is 0 Å². The van der Waals surface area contributed by atoms with Crippen molar-refractivity contribution in [3.05, 3.63) is 11.6 Å². The van der Waals surface area contributed by atoms with Gasteiger partial charge in [0.15, 0.2) is 12.4 Å². The summed E-state index contributed by atoms with van der Waals surface area (Å²) < 4.78 is 15.0. The van der Waals surface area contributed by atoms with Crippen LogP contribution in [-0.2, 0) is 19.0 Å². The first-order valence-corrected chi connectivity index (χ1v) is 3.97. The Hall–Kier alpha value is -0.910. The third kappa shape index (κ3) is 1.35. The summed E-state index contributed by atoms with van der Waals surface area (Å²) in [6.45, 7) is 0.119. The van der Waals surface area contributed by atoms with E-state index in [1.165, 1.54) is 13.2 Å². The highest BCUT2D eigenvalue weighted by Gasteiger charge is 2.41. The van der Waals surface area contributed by atoms with Gasteiger partial charge in [0.25, 0.3) is 0 Å². The molecule has 1 N–H and O–H groups in total. The van der Waals surface area contributed by atoms with Gasteiger partial charge in [-0.15, -0.1) is 0 Å². The van der Waals surface area contributed by atoms with Gasteiger partial charge < -0.3 is 19.3 Å². The maximum atomic E-state index is 10.9. The smallest absolute Gasteiger partial charge is 0.331 e. The van der Waals surface area contributed by atoms with E-state index in [9.17, 15) is 9.90 Å². The van der Waals surface area contributed by atoms with E-state index in [1.807, 2.05) is 0 Å². The summed E-state index contributed by atoms with van der Waals surface area (Å²) in [7, 11) is 1.48. The molecule has 0 amide bonds. The molecule has 3 atom stereocenters. The van der Waals surface area contributed by atoms with Crippen LogP contribution in [0.5, 0.6) is 0 Å². The van der Waals surface area contributed by atoms with Gasteiger partial charge in [0.05, 0.1) is 6.61 Å². The maximum Gasteiger partial charge on any atom is 0.331 e. The van der Waals surface area contributed by atoms with E-state index in [-0.39, 0.29) is 6.61 Å². The van der Waals surface area contributed by atoms with Crippen molar-refractivity contribution in [2.75, 3.05) is 13.7 Å². The van der Waals surface area contributed by atoms with Gasteiger partial charge in [0.1, 0.15) is 6.10 Å². The van der Waals surface area contributed by atoms with E-state index in [0.717, 1.165) is 0 Å². The second-order valence-corrected chi connectivity index (χ2v) is 2.97. The van der Waals surface area contributed by atoms with Crippen LogP contribution in [0.25, 0.3) is 0 Å². The summed E-state index contributed by atoms with van der Waals surface area (Å²) in [6, 6.07) is 0. The molecule has 5 heteroatoms. The summed E-state index contributed by atoms with van der Waals surface area (Å²) in [5, 5.41) is 9.41. The normalized spacial score (nSPS) is 38.2. The Morgan fingerprint density at radius 1 is 1.69 bits per heavy atom. The fourth-order valence-corrected chi connectivity index (χ4v) is 1.52. The monoisotopic (exact) mass is 189 g/mol. The molecule has 0 bridgehead atoms. The lowest BCUT2D eigenvalue weighted by atomic mass is 10.1. The topological polar surface area (TPSA) is 65.0 Å². The molecule has 5 nitrogen and oxygen atoms in total. The third-order valence-electron chi connectivity index (χ3n) is 2.11. The van der Waals surface area contributed by atoms with Crippen molar-refractivity contribution in [1.82, 2.24) is 0 Å². The zero-order valence-electron chi connectivity index (χ0n) is 7.10. The van der Waals surface area contributed by atoms with Gasteiger partial charge in [0.2, 0.25) is 0 Å². The fraction of sp³-hybridized carbons (Fsp3) is 0.625. The molecule has 1 saturated heterocycles. The van der Waals surface area contributed by atoms with Gasteiger partial charge in [-0.3, -0.25) is 0 Å². The Balaban J connectivity index is 2.23. The highest BCUT2D eigenvalue weighted by Crippen LogP contribution is 2.28. The average molecular weight is 189 g/mol. The summed E-state index contributed by atoms with van der Waals surface area (Å²) in [6.07, 6.45) is -0.642. The highest BCUT2D eigenvalue weighted by molar-refractivity contribution is 5.86. The minimum absolute atomic E-state index is 0.119. The lowest BCUT2D eigenvalue weighted by Crippen LogP contribution is -2.43. The van der Waals surface area contributed by atoms with Crippen LogP contribution in [0.2, 0.25) is 0 Å². The second-order valence-electron chi connectivity index (χ2n) is 2.97. The molecular formula is C8H10O5. The van der Waals surface area contributed by atoms with E-state index in [0.29, 0.717) is 5.57 Å². The highest BCUT2D eigenvalue weighted by atomic mass is 16.8. The molecule has 2 rings (SSSR count). The van der Waals surface area contributed by atoms with Crippen LogP contribution >= 0.6 is 0 Å². The summed E-state index contributed by atoms with van der Waals surface area (Å²) in [4.78, 5) is 10.9. The summed E-state index contributed by atoms with van der Waals surface area (Å²) in [5.41, 5.74) is 0.561. The predicted molar refractivity (Wildman–Crippen MR) is 40.7 cm³/mol. The molecule has 2 heterocycles. The minimum Gasteiger partial charge on any atom is -0.452 e. The van der Waals surface area contributed by atoms with Crippen molar-refractivity contribution in [1.29, 1.82) is 0 Å². The molecule has 1 unspecified atom stereocenters. The average Bonchev–Trinajstić information content (AvgIpc) is 2.48. The van der Waals surface area contributed by atoms with Gasteiger partial charge in [-0.1, -0.05) is 0 Å². The fourth-order valence-electron chi connectivity index (χ4n) is 1.52. The number of hydrogen-bond acceptors (Lipinski definition) is 5. The molecule has 0 aromatic heterocycles. The molecule has 0 aromatic rings. The molecule has 2 aliphatic heterocycles. The van der Waals surface area contributed by atoms with Crippen LogP contribution in [0.4, 0.5) is 0 Å². The van der Waals surface area contributed by atoms with E-state index in [2.05, 4.69) is 0 Å². The molecule has 0 aliphatic carbocycles. The van der Waals surface area contributed by atoms with E-state index >= 15 is 0 Å². The Kier molecular flexibility index (Phi) is 2.07. The Morgan fingerprint density at radius 3 is 3.15 bits per heavy atom. The van der Waals surface area contributed by atoms with Crippen molar-refractivity contribution in [2.45, 2.75) is 18.5 Å². The van der Waals surface area contributed by atoms with Crippen LogP contribution in [0.3, 0.4) is 0 Å². The van der Waals surface area contributed by atoms with Gasteiger partial charge in [-0.2, -0.15) is 0 Å². The zero-order valence-corrected chi connectivity index (χ0v) is 7.10. The van der Waals surface area contributed by atoms with Crippen molar-refractivity contribution < 1.29 is 24.1 Å². The van der Waals surface area contributed by atoms with Gasteiger partial charge >= 0.3 is 5.97 Å². The quantitative estimate of drug-likeness (QED) is 0.432. The van der Waals surface area contributed by atoms with Crippen molar-refractivity contribution in [3.8, 4) is 0 Å². The van der Waals surface area contributed by atoms with Gasteiger partial charge in [0, 0.05) is 18.8 Å². The molecule has 13 heavy (non-hydrogen) atoms. The standard InChI is InChI=1S/C8H10O5/c1-11-8-4-2-6(10)13-7(4)5(9)3-12-8/h2,5,7-9H,3H2,1H3/t5-,7?,8-/m0/s1/i2+1,6+1,8+1. The van der Waals surface area contributed by atoms with Gasteiger partial charge in [-0.05, 0) is 0 Å². The largest absolute Gasteiger partial charge is 0.452 e. The number of carbonyl (C=O) groups excluding carboxylic acids is 1. The van der Waals surface area contributed by atoms with Crippen molar-refractivity contribution in [2.24, 2.45) is 0 Å². The number of hydrogen-bond donors (Lipinski definition) is 1. The SMILES string of the molecule is CO[13C@H]1OC[C@H](O)C2O[13C](=O)[13CH]=C21. The molecule has 0 aromatic carbocycles. The number of rotatable bonds is 1. The second kappa shape index (κ2) is 3.10. The lowest BCUT2D eigenvalue weighted by molar-refractivity contribution is -0.176. The molecular weight excluding hydrogens is 179 g/mol. The van der Waals surface area contributed by atoms with Crippen molar-refractivity contribution >= 4 is 5.97 Å². The number of carbonyl (C=O) groups is 1. The third-order valence-corrected chi connectivity index (χ3v) is 2.11. The zero-order chi connectivity index (χ0) is 9.42. The maximum absolute atomic E-state index is 10.9. The first-order chi connectivity index (χ1) is 6.22. The Labute approximate surface area is 74.9 Å². The molecule has 0 saturated carbocycles. The minimum atomic E-state index is -0.788. The van der Waals surface area contributed by atoms with E-state index in [1.54, 1.807) is 0 Å². The summed E-state index contributed by atoms with van der Waals surface area (Å²) >= 11 is 0. The number of fused-ring (bicyclic) bond motifs is 1. The summed E-state index contributed by atoms with van der Waals surface area (Å²) in [5.74, 6) is -0.452. The lowest BCUT2D eigenvalue weighted by Gasteiger charge is -2.30. The molecule has 72 valence electrons. The molecule has 1 fully saturated rings. The van der Waals surface area contributed by atoms with Gasteiger partial charge in [-0.25, -0.2) is 4.79 Å². The molecule has 0 radical (unpaired) electrons. The molecule has 0 spiro atoms. The number of aliphatic hydroxyl groups excluding tert-OH is 1. The Morgan fingerprint density at radius 2 is 2.46 bits per heavy atom. The molecule has 2 aliphatic rings. The van der Waals surface area contributed by atoms with Crippen LogP contribution in [0.15, 0.2) is 11.6 Å². The van der Waals surface area contributed by atoms with Crippen LogP contribution < -0.4 is 0 Å². The van der Waals surface area contributed by atoms with Crippen LogP contribution in [0.1, 0.15) is 0 Å². The van der Waals surface area contributed by atoms with E-state index < -0.39 is 24.5 Å². The van der Waals surface area contributed by atoms with Crippen LogP contribution in [-0.4, -0.2) is 43.3 Å². The van der Waals surface area contributed by atoms with E-state index in [4.69, 9.17) is 14.2 Å². The number of aliphatic hydroxyl groups is 1. The predicted octanol–water partition coefficient (Wildman–Crippen LogP) is -0.798. The first kappa shape index (κ1) is 8.68. The Bertz CT molecular complexity index is 259. The number of methoxy groups -OCH3 is 1.